The molecule has 1 aromatic carbocycles. The number of hydrogen-bond acceptors (Lipinski definition) is 6. The second-order valence-corrected chi connectivity index (χ2v) is 8.76. The lowest BCUT2D eigenvalue weighted by atomic mass is 10.0. The number of aliphatic hydroxyl groups excluding tert-OH is 1. The largest absolute Gasteiger partial charge is 0.491 e. The number of nitrogens with zero attached hydrogens (tertiary/aromatic N) is 2. The predicted molar refractivity (Wildman–Crippen MR) is 110 cm³/mol. The van der Waals surface area contributed by atoms with Crippen LogP contribution in [0.5, 0.6) is 5.75 Å². The lowest BCUT2D eigenvalue weighted by Crippen LogP contribution is -2.36. The minimum atomic E-state index is -0.439. The first-order chi connectivity index (χ1) is 13.7. The Bertz CT molecular complexity index is 594. The van der Waals surface area contributed by atoms with E-state index in [1.807, 2.05) is 12.1 Å². The van der Waals surface area contributed by atoms with E-state index >= 15 is 0 Å². The Morgan fingerprint density at radius 1 is 1.18 bits per heavy atom. The number of rotatable bonds is 8. The summed E-state index contributed by atoms with van der Waals surface area (Å²) in [5.41, 5.74) is 1.29. The van der Waals surface area contributed by atoms with E-state index in [1.165, 1.54) is 5.56 Å². The van der Waals surface area contributed by atoms with Crippen LogP contribution in [0.25, 0.3) is 0 Å². The maximum Gasteiger partial charge on any atom is 0.119 e. The van der Waals surface area contributed by atoms with E-state index in [-0.39, 0.29) is 0 Å². The van der Waals surface area contributed by atoms with Crippen LogP contribution < -0.4 is 10.1 Å². The van der Waals surface area contributed by atoms with E-state index in [1.54, 1.807) is 0 Å². The third-order valence-corrected chi connectivity index (χ3v) is 6.55. The fourth-order valence-electron chi connectivity index (χ4n) is 4.88. The number of ether oxygens (including phenoxy) is 2. The van der Waals surface area contributed by atoms with Gasteiger partial charge in [0, 0.05) is 45.4 Å². The van der Waals surface area contributed by atoms with Crippen molar-refractivity contribution in [3.05, 3.63) is 29.8 Å². The molecular weight excluding hydrogens is 354 g/mol. The van der Waals surface area contributed by atoms with E-state index in [4.69, 9.17) is 9.47 Å². The van der Waals surface area contributed by atoms with Gasteiger partial charge in [0.05, 0.1) is 0 Å². The quantitative estimate of drug-likeness (QED) is 0.697. The van der Waals surface area contributed by atoms with Crippen molar-refractivity contribution in [3.63, 3.8) is 0 Å². The van der Waals surface area contributed by atoms with Crippen molar-refractivity contribution < 1.29 is 14.6 Å². The number of aliphatic hydroxyl groups is 1. The number of likely N-dealkylation sites (tertiary alicyclic amines) is 1. The predicted octanol–water partition coefficient (Wildman–Crippen LogP) is 1.19. The summed E-state index contributed by atoms with van der Waals surface area (Å²) in [6, 6.07) is 8.91. The van der Waals surface area contributed by atoms with Crippen LogP contribution in [0.3, 0.4) is 0 Å². The van der Waals surface area contributed by atoms with Crippen molar-refractivity contribution in [2.75, 3.05) is 59.6 Å². The van der Waals surface area contributed by atoms with E-state index < -0.39 is 6.10 Å². The van der Waals surface area contributed by atoms with Gasteiger partial charge in [-0.3, -0.25) is 9.80 Å². The Hall–Kier alpha value is -1.18. The second-order valence-electron chi connectivity index (χ2n) is 8.76. The Balaban J connectivity index is 1.18. The fraction of sp³-hybridized carbons (Fsp3) is 0.727. The van der Waals surface area contributed by atoms with Crippen molar-refractivity contribution in [2.45, 2.75) is 31.5 Å². The summed E-state index contributed by atoms with van der Waals surface area (Å²) in [6.07, 6.45) is 1.79. The SMILES string of the molecule is CN(Cc1ccc(OCC(O)CN2C[C@H]3CNC[C@H]3C2)cc1)C1CCOCC1. The molecule has 4 rings (SSSR count). The van der Waals surface area contributed by atoms with Gasteiger partial charge in [-0.25, -0.2) is 0 Å². The molecule has 0 radical (unpaired) electrons. The number of fused-ring (bicyclic) bond motifs is 1. The normalized spacial score (nSPS) is 27.2. The van der Waals surface area contributed by atoms with Gasteiger partial charge in [-0.15, -0.1) is 0 Å². The highest BCUT2D eigenvalue weighted by molar-refractivity contribution is 5.27. The highest BCUT2D eigenvalue weighted by Crippen LogP contribution is 2.26. The standard InChI is InChI=1S/C22H35N3O3/c1-24(20-6-8-27-9-7-20)12-17-2-4-22(5-3-17)28-16-21(26)15-25-13-18-10-23-11-19(18)14-25/h2-5,18-21,23,26H,6-16H2,1H3/t18-,19+,21?. The molecule has 3 saturated heterocycles. The molecule has 3 fully saturated rings. The van der Waals surface area contributed by atoms with Crippen molar-refractivity contribution >= 4 is 0 Å². The van der Waals surface area contributed by atoms with Crippen LogP contribution in [0.1, 0.15) is 18.4 Å². The molecule has 0 spiro atoms. The average molecular weight is 390 g/mol. The van der Waals surface area contributed by atoms with Gasteiger partial charge >= 0.3 is 0 Å². The summed E-state index contributed by atoms with van der Waals surface area (Å²) < 4.78 is 11.3. The first-order valence-corrected chi connectivity index (χ1v) is 10.8. The fourth-order valence-corrected chi connectivity index (χ4v) is 4.88. The molecule has 6 nitrogen and oxygen atoms in total. The van der Waals surface area contributed by atoms with E-state index in [0.717, 1.165) is 76.4 Å². The van der Waals surface area contributed by atoms with E-state index in [2.05, 4.69) is 34.3 Å². The molecule has 156 valence electrons. The maximum absolute atomic E-state index is 10.4. The summed E-state index contributed by atoms with van der Waals surface area (Å²) in [4.78, 5) is 4.81. The molecule has 3 aliphatic rings. The van der Waals surface area contributed by atoms with Gasteiger partial charge in [0.2, 0.25) is 0 Å². The Kier molecular flexibility index (Phi) is 6.86. The van der Waals surface area contributed by atoms with Crippen molar-refractivity contribution in [1.29, 1.82) is 0 Å². The lowest BCUT2D eigenvalue weighted by Gasteiger charge is -2.31. The zero-order valence-electron chi connectivity index (χ0n) is 17.1. The number of β-amino-alcohol motifs (C(OH)–C–C–N with tert-alkyl or cyclic N) is 1. The van der Waals surface area contributed by atoms with Crippen LogP contribution in [0.4, 0.5) is 0 Å². The van der Waals surface area contributed by atoms with Crippen LogP contribution in [-0.2, 0) is 11.3 Å². The first-order valence-electron chi connectivity index (χ1n) is 10.8. The number of benzene rings is 1. The molecule has 1 aromatic rings. The van der Waals surface area contributed by atoms with Gasteiger partial charge in [-0.2, -0.15) is 0 Å². The number of hydrogen-bond donors (Lipinski definition) is 2. The molecule has 3 atom stereocenters. The van der Waals surface area contributed by atoms with Gasteiger partial charge in [0.15, 0.2) is 0 Å². The summed E-state index contributed by atoms with van der Waals surface area (Å²) in [5, 5.41) is 13.8. The van der Waals surface area contributed by atoms with Crippen LogP contribution in [0, 0.1) is 11.8 Å². The molecule has 2 N–H and O–H groups in total. The summed E-state index contributed by atoms with van der Waals surface area (Å²) in [6.45, 7) is 8.22. The Labute approximate surface area is 168 Å². The van der Waals surface area contributed by atoms with E-state index in [9.17, 15) is 5.11 Å². The lowest BCUT2D eigenvalue weighted by molar-refractivity contribution is 0.0407. The molecule has 0 aromatic heterocycles. The van der Waals surface area contributed by atoms with Crippen molar-refractivity contribution in [2.24, 2.45) is 11.8 Å². The molecule has 3 aliphatic heterocycles. The van der Waals surface area contributed by atoms with Gasteiger partial charge < -0.3 is 19.9 Å². The highest BCUT2D eigenvalue weighted by atomic mass is 16.5. The molecule has 28 heavy (non-hydrogen) atoms. The Morgan fingerprint density at radius 2 is 1.86 bits per heavy atom. The topological polar surface area (TPSA) is 57.2 Å². The van der Waals surface area contributed by atoms with Crippen LogP contribution >= 0.6 is 0 Å². The van der Waals surface area contributed by atoms with Crippen molar-refractivity contribution in [3.8, 4) is 5.75 Å². The average Bonchev–Trinajstić information content (AvgIpc) is 3.30. The van der Waals surface area contributed by atoms with E-state index in [0.29, 0.717) is 19.2 Å². The summed E-state index contributed by atoms with van der Waals surface area (Å²) in [7, 11) is 2.19. The third-order valence-electron chi connectivity index (χ3n) is 6.55. The van der Waals surface area contributed by atoms with Gasteiger partial charge in [0.1, 0.15) is 18.5 Å². The summed E-state index contributed by atoms with van der Waals surface area (Å²) in [5.74, 6) is 2.36. The Morgan fingerprint density at radius 3 is 2.54 bits per heavy atom. The van der Waals surface area contributed by atoms with Crippen molar-refractivity contribution in [1.82, 2.24) is 15.1 Å². The molecular formula is C22H35N3O3. The zero-order chi connectivity index (χ0) is 19.3. The minimum absolute atomic E-state index is 0.353. The highest BCUT2D eigenvalue weighted by Gasteiger charge is 2.36. The zero-order valence-corrected chi connectivity index (χ0v) is 17.1. The van der Waals surface area contributed by atoms with Crippen LogP contribution in [0.15, 0.2) is 24.3 Å². The third kappa shape index (κ3) is 5.24. The summed E-state index contributed by atoms with van der Waals surface area (Å²) >= 11 is 0. The minimum Gasteiger partial charge on any atom is -0.491 e. The molecule has 0 bridgehead atoms. The maximum atomic E-state index is 10.4. The van der Waals surface area contributed by atoms with Gasteiger partial charge in [-0.1, -0.05) is 12.1 Å². The molecule has 0 amide bonds. The second kappa shape index (κ2) is 9.55. The molecule has 1 unspecified atom stereocenters. The molecule has 6 heteroatoms. The van der Waals surface area contributed by atoms with Gasteiger partial charge in [-0.05, 0) is 62.5 Å². The smallest absolute Gasteiger partial charge is 0.119 e. The number of nitrogens with one attached hydrogen (secondary N) is 1. The molecule has 0 aliphatic carbocycles. The molecule has 0 saturated carbocycles. The van der Waals surface area contributed by atoms with Gasteiger partial charge in [0.25, 0.3) is 0 Å². The first kappa shape index (κ1) is 20.1. The molecule has 3 heterocycles. The van der Waals surface area contributed by atoms with Crippen LogP contribution in [-0.4, -0.2) is 86.6 Å². The monoisotopic (exact) mass is 389 g/mol. The van der Waals surface area contributed by atoms with Crippen LogP contribution in [0.2, 0.25) is 0 Å².